The molecule has 2 rings (SSSR count). The summed E-state index contributed by atoms with van der Waals surface area (Å²) in [4.78, 5) is 23.7. The summed E-state index contributed by atoms with van der Waals surface area (Å²) in [6, 6.07) is 4.55. The topological polar surface area (TPSA) is 63.5 Å². The van der Waals surface area contributed by atoms with E-state index in [-0.39, 0.29) is 28.2 Å². The van der Waals surface area contributed by atoms with Crippen LogP contribution in [0.4, 0.5) is 11.4 Å². The van der Waals surface area contributed by atoms with Crippen molar-refractivity contribution < 1.29 is 9.72 Å². The van der Waals surface area contributed by atoms with Crippen LogP contribution in [0.25, 0.3) is 0 Å². The number of alkyl halides is 1. The number of nitro groups is 1. The van der Waals surface area contributed by atoms with E-state index in [1.54, 1.807) is 6.07 Å². The Kier molecular flexibility index (Phi) is 3.73. The highest BCUT2D eigenvalue weighted by Gasteiger charge is 2.34. The molecule has 0 aromatic heterocycles. The van der Waals surface area contributed by atoms with Gasteiger partial charge in [-0.25, -0.2) is 0 Å². The third-order valence-electron chi connectivity index (χ3n) is 2.86. The Balaban J connectivity index is 2.43. The van der Waals surface area contributed by atoms with Gasteiger partial charge in [0.1, 0.15) is 10.7 Å². The number of para-hydroxylation sites is 1. The number of amides is 1. The minimum Gasteiger partial charge on any atom is -0.306 e. The summed E-state index contributed by atoms with van der Waals surface area (Å²) in [6.07, 6.45) is 0.313. The van der Waals surface area contributed by atoms with E-state index in [0.29, 0.717) is 18.8 Å². The number of hydrogen-bond acceptors (Lipinski definition) is 3. The molecule has 0 radical (unpaired) electrons. The summed E-state index contributed by atoms with van der Waals surface area (Å²) in [5.74, 6) is 0.222. The predicted molar refractivity (Wildman–Crippen MR) is 69.3 cm³/mol. The first kappa shape index (κ1) is 13.1. The van der Waals surface area contributed by atoms with Crippen LogP contribution in [0.2, 0.25) is 5.02 Å². The molecule has 1 amide bonds. The second kappa shape index (κ2) is 5.12. The lowest BCUT2D eigenvalue weighted by molar-refractivity contribution is -0.383. The smallest absolute Gasteiger partial charge is 0.306 e. The molecule has 0 N–H and O–H groups in total. The predicted octanol–water partition coefficient (Wildman–Crippen LogP) is 2.84. The number of anilines is 1. The molecular formula is C11H10Cl2N2O3. The molecule has 5 nitrogen and oxygen atoms in total. The highest BCUT2D eigenvalue weighted by atomic mass is 35.5. The number of carbonyl (C=O) groups is 1. The van der Waals surface area contributed by atoms with Crippen molar-refractivity contribution in [2.24, 2.45) is 5.92 Å². The lowest BCUT2D eigenvalue weighted by Crippen LogP contribution is -2.25. The van der Waals surface area contributed by atoms with Crippen molar-refractivity contribution >= 4 is 40.5 Å². The quantitative estimate of drug-likeness (QED) is 0.488. The van der Waals surface area contributed by atoms with Gasteiger partial charge in [-0.05, 0) is 18.1 Å². The Labute approximate surface area is 113 Å². The zero-order valence-electron chi connectivity index (χ0n) is 9.31. The molecule has 96 valence electrons. The van der Waals surface area contributed by atoms with Crippen molar-refractivity contribution in [1.82, 2.24) is 0 Å². The second-order valence-corrected chi connectivity index (χ2v) is 4.81. The number of halogens is 2. The standard InChI is InChI=1S/C11H10Cl2N2O3/c12-5-7-4-10(16)14(6-7)9-3-1-2-8(13)11(9)15(17)18/h1-3,7H,4-6H2. The Morgan fingerprint density at radius 3 is 2.78 bits per heavy atom. The van der Waals surface area contributed by atoms with E-state index in [4.69, 9.17) is 23.2 Å². The molecule has 0 saturated carbocycles. The van der Waals surface area contributed by atoms with E-state index in [1.807, 2.05) is 0 Å². The van der Waals surface area contributed by atoms with Gasteiger partial charge in [0.25, 0.3) is 0 Å². The maximum Gasteiger partial charge on any atom is 0.311 e. The normalized spacial score (nSPS) is 19.3. The molecule has 0 bridgehead atoms. The molecule has 0 aliphatic carbocycles. The summed E-state index contributed by atoms with van der Waals surface area (Å²) in [7, 11) is 0. The van der Waals surface area contributed by atoms with Crippen molar-refractivity contribution in [3.63, 3.8) is 0 Å². The fourth-order valence-electron chi connectivity index (χ4n) is 2.02. The van der Waals surface area contributed by atoms with Gasteiger partial charge in [-0.15, -0.1) is 11.6 Å². The second-order valence-electron chi connectivity index (χ2n) is 4.09. The minimum atomic E-state index is -0.570. The van der Waals surface area contributed by atoms with Gasteiger partial charge in [0.05, 0.1) is 4.92 Å². The summed E-state index contributed by atoms with van der Waals surface area (Å²) < 4.78 is 0. The third kappa shape index (κ3) is 2.28. The van der Waals surface area contributed by atoms with Crippen LogP contribution in [0.3, 0.4) is 0 Å². The van der Waals surface area contributed by atoms with Crippen LogP contribution in [0.5, 0.6) is 0 Å². The average Bonchev–Trinajstić information content (AvgIpc) is 2.69. The summed E-state index contributed by atoms with van der Waals surface area (Å²) in [5.41, 5.74) is 0.00727. The molecular weight excluding hydrogens is 279 g/mol. The zero-order chi connectivity index (χ0) is 13.3. The van der Waals surface area contributed by atoms with Crippen molar-refractivity contribution in [3.8, 4) is 0 Å². The van der Waals surface area contributed by atoms with E-state index in [9.17, 15) is 14.9 Å². The van der Waals surface area contributed by atoms with E-state index < -0.39 is 4.92 Å². The van der Waals surface area contributed by atoms with Gasteiger partial charge in [-0.2, -0.15) is 0 Å². The monoisotopic (exact) mass is 288 g/mol. The van der Waals surface area contributed by atoms with Gasteiger partial charge in [0, 0.05) is 18.8 Å². The van der Waals surface area contributed by atoms with Crippen LogP contribution in [0.15, 0.2) is 18.2 Å². The number of rotatable bonds is 3. The number of hydrogen-bond donors (Lipinski definition) is 0. The molecule has 1 unspecified atom stereocenters. The Hall–Kier alpha value is -1.33. The first-order valence-electron chi connectivity index (χ1n) is 5.33. The molecule has 1 aliphatic heterocycles. The van der Waals surface area contributed by atoms with Gasteiger partial charge >= 0.3 is 5.69 Å². The molecule has 18 heavy (non-hydrogen) atoms. The van der Waals surface area contributed by atoms with Crippen molar-refractivity contribution in [3.05, 3.63) is 33.3 Å². The summed E-state index contributed by atoms with van der Waals surface area (Å²) in [5, 5.41) is 11.0. The number of benzene rings is 1. The van der Waals surface area contributed by atoms with Crippen LogP contribution < -0.4 is 4.90 Å². The first-order chi connectivity index (χ1) is 8.54. The van der Waals surface area contributed by atoms with Gasteiger partial charge in [0.15, 0.2) is 0 Å². The van der Waals surface area contributed by atoms with Crippen molar-refractivity contribution in [2.45, 2.75) is 6.42 Å². The van der Waals surface area contributed by atoms with Crippen molar-refractivity contribution in [2.75, 3.05) is 17.3 Å². The first-order valence-corrected chi connectivity index (χ1v) is 6.25. The summed E-state index contributed by atoms with van der Waals surface area (Å²) in [6.45, 7) is 0.392. The van der Waals surface area contributed by atoms with E-state index >= 15 is 0 Å². The lowest BCUT2D eigenvalue weighted by atomic mass is 10.1. The largest absolute Gasteiger partial charge is 0.311 e. The SMILES string of the molecule is O=C1CC(CCl)CN1c1cccc(Cl)c1[N+](=O)[O-]. The highest BCUT2D eigenvalue weighted by molar-refractivity contribution is 6.33. The maximum atomic E-state index is 11.8. The Bertz CT molecular complexity index is 507. The Morgan fingerprint density at radius 2 is 2.22 bits per heavy atom. The number of nitrogens with zero attached hydrogens (tertiary/aromatic N) is 2. The third-order valence-corrected chi connectivity index (χ3v) is 3.60. The fraction of sp³-hybridized carbons (Fsp3) is 0.364. The molecule has 1 aromatic carbocycles. The van der Waals surface area contributed by atoms with E-state index in [1.165, 1.54) is 17.0 Å². The molecule has 0 spiro atoms. The van der Waals surface area contributed by atoms with Crippen LogP contribution in [-0.2, 0) is 4.79 Å². The maximum absolute atomic E-state index is 11.8. The minimum absolute atomic E-state index is 0.0257. The zero-order valence-corrected chi connectivity index (χ0v) is 10.8. The van der Waals surface area contributed by atoms with Gasteiger partial charge in [0.2, 0.25) is 5.91 Å². The molecule has 1 aromatic rings. The van der Waals surface area contributed by atoms with Crippen molar-refractivity contribution in [1.29, 1.82) is 0 Å². The number of carbonyl (C=O) groups excluding carboxylic acids is 1. The lowest BCUT2D eigenvalue weighted by Gasteiger charge is -2.16. The average molecular weight is 289 g/mol. The Morgan fingerprint density at radius 1 is 1.50 bits per heavy atom. The highest BCUT2D eigenvalue weighted by Crippen LogP contribution is 2.37. The van der Waals surface area contributed by atoms with E-state index in [2.05, 4.69) is 0 Å². The van der Waals surface area contributed by atoms with Crippen LogP contribution in [-0.4, -0.2) is 23.3 Å². The van der Waals surface area contributed by atoms with Crippen LogP contribution in [0, 0.1) is 16.0 Å². The van der Waals surface area contributed by atoms with Gasteiger partial charge < -0.3 is 4.90 Å². The molecule has 1 fully saturated rings. The van der Waals surface area contributed by atoms with Gasteiger partial charge in [-0.1, -0.05) is 17.7 Å². The van der Waals surface area contributed by atoms with Crippen LogP contribution in [0.1, 0.15) is 6.42 Å². The molecule has 1 atom stereocenters. The van der Waals surface area contributed by atoms with Gasteiger partial charge in [-0.3, -0.25) is 14.9 Å². The molecule has 1 heterocycles. The fourth-order valence-corrected chi connectivity index (χ4v) is 2.47. The van der Waals surface area contributed by atoms with Crippen LogP contribution >= 0.6 is 23.2 Å². The van der Waals surface area contributed by atoms with E-state index in [0.717, 1.165) is 0 Å². The molecule has 7 heteroatoms. The molecule has 1 aliphatic rings. The number of nitro benzene ring substituents is 1. The molecule has 1 saturated heterocycles. The summed E-state index contributed by atoms with van der Waals surface area (Å²) >= 11 is 11.5.